The third-order valence-electron chi connectivity index (χ3n) is 26.9. The normalized spacial score (nSPS) is 16.2. The summed E-state index contributed by atoms with van der Waals surface area (Å²) in [7, 11) is 0. The Balaban J connectivity index is 0.662. The van der Waals surface area contributed by atoms with Crippen LogP contribution in [-0.4, -0.2) is 0 Å². The summed E-state index contributed by atoms with van der Waals surface area (Å²) < 4.78 is 0. The summed E-state index contributed by atoms with van der Waals surface area (Å²) in [6, 6.07) is 125. The molecule has 0 spiro atoms. The van der Waals surface area contributed by atoms with Crippen molar-refractivity contribution in [2.75, 3.05) is 19.6 Å². The topological polar surface area (TPSA) is 13.0 Å². The first-order valence-electron chi connectivity index (χ1n) is 40.0. The van der Waals surface area contributed by atoms with Crippen LogP contribution >= 0.6 is 0 Å². The molecule has 112 heavy (non-hydrogen) atoms. The summed E-state index contributed by atoms with van der Waals surface area (Å²) in [4.78, 5) is 10.1. The predicted molar refractivity (Wildman–Crippen MR) is 471 cm³/mol. The number of hydrogen-bond acceptors (Lipinski definition) is 4. The van der Waals surface area contributed by atoms with E-state index in [1.807, 2.05) is 0 Å². The van der Waals surface area contributed by atoms with Crippen molar-refractivity contribution in [1.82, 2.24) is 0 Å². The number of fused-ring (bicyclic) bond motifs is 12. The molecule has 6 aliphatic rings. The summed E-state index contributed by atoms with van der Waals surface area (Å²) in [6.45, 7) is 29.1. The highest BCUT2D eigenvalue weighted by Gasteiger charge is 2.50. The molecule has 21 rings (SSSR count). The Morgan fingerprint density at radius 3 is 0.616 bits per heavy atom. The standard InChI is InChI=1S/C108H90N4/c1-103(2)82-31-19-23-35-94(82)110-95-36-24-20-32-83(95)104(3,4)89-62-77(61-88(103)100(89)110)72-45-53-80(54-46-72)109(81-55-47-73(48-56-81)78-63-90-101-91(64-78)106(7,8)85-34-22-26-38-97(85)111(101)96-37-25-21-33-84(96)105(90,5)6)79-51-43-70(44-52-79)69-39-41-71(42-40-69)76-65-92-102-93(66-76)108(11,12)87-60-75(68-29-17-14-18-30-68)50-58-99(87)112(102)98-57-49-74(59-86(98)107(92,9)10)67-27-15-13-16-28-67/h13-66H,1-12H3. The average molecular weight is 1440 g/mol. The molecule has 0 bridgehead atoms. The second-order valence-corrected chi connectivity index (χ2v) is 35.3. The van der Waals surface area contributed by atoms with Crippen LogP contribution in [0.3, 0.4) is 0 Å². The van der Waals surface area contributed by atoms with Gasteiger partial charge in [-0.05, 0) is 255 Å². The van der Waals surface area contributed by atoms with Gasteiger partial charge in [-0.1, -0.05) is 289 Å². The Labute approximate surface area is 660 Å². The van der Waals surface area contributed by atoms with E-state index in [1.165, 1.54) is 179 Å². The van der Waals surface area contributed by atoms with Gasteiger partial charge in [0.05, 0.1) is 51.2 Å². The van der Waals surface area contributed by atoms with Gasteiger partial charge in [0.15, 0.2) is 0 Å². The highest BCUT2D eigenvalue weighted by atomic mass is 15.2. The van der Waals surface area contributed by atoms with Gasteiger partial charge in [-0.2, -0.15) is 0 Å². The number of para-hydroxylation sites is 4. The zero-order chi connectivity index (χ0) is 76.3. The molecule has 0 aromatic heterocycles. The molecule has 0 amide bonds. The van der Waals surface area contributed by atoms with Crippen molar-refractivity contribution in [3.63, 3.8) is 0 Å². The van der Waals surface area contributed by atoms with E-state index in [0.717, 1.165) is 22.6 Å². The van der Waals surface area contributed by atoms with Gasteiger partial charge in [0.1, 0.15) is 0 Å². The monoisotopic (exact) mass is 1440 g/mol. The maximum Gasteiger partial charge on any atom is 0.0544 e. The molecule has 15 aromatic rings. The van der Waals surface area contributed by atoms with Crippen LogP contribution in [0.2, 0.25) is 0 Å². The van der Waals surface area contributed by atoms with Gasteiger partial charge in [-0.25, -0.2) is 0 Å². The van der Waals surface area contributed by atoms with Gasteiger partial charge in [0, 0.05) is 49.6 Å². The predicted octanol–water partition coefficient (Wildman–Crippen LogP) is 29.4. The molecule has 6 heterocycles. The zero-order valence-electron chi connectivity index (χ0n) is 66.0. The third kappa shape index (κ3) is 9.73. The molecule has 0 saturated carbocycles. The lowest BCUT2D eigenvalue weighted by Gasteiger charge is -2.50. The smallest absolute Gasteiger partial charge is 0.0544 e. The van der Waals surface area contributed by atoms with E-state index in [-0.39, 0.29) is 32.5 Å². The first-order chi connectivity index (χ1) is 54.1. The highest BCUT2D eigenvalue weighted by molar-refractivity contribution is 5.99. The maximum absolute atomic E-state index is 2.59. The van der Waals surface area contributed by atoms with Crippen molar-refractivity contribution in [3.8, 4) is 66.8 Å². The van der Waals surface area contributed by atoms with Crippen LogP contribution in [-0.2, 0) is 32.5 Å². The fraction of sp³-hybridized carbons (Fsp3) is 0.167. The largest absolute Gasteiger partial charge is 0.311 e. The molecule has 0 fully saturated rings. The van der Waals surface area contributed by atoms with Gasteiger partial charge in [0.2, 0.25) is 0 Å². The Hall–Kier alpha value is -12.5. The molecular weight excluding hydrogens is 1350 g/mol. The molecule has 4 heteroatoms. The minimum Gasteiger partial charge on any atom is -0.311 e. The van der Waals surface area contributed by atoms with Gasteiger partial charge in [0.25, 0.3) is 0 Å². The lowest BCUT2D eigenvalue weighted by molar-refractivity contribution is 0.597. The van der Waals surface area contributed by atoms with E-state index in [9.17, 15) is 0 Å². The van der Waals surface area contributed by atoms with E-state index in [4.69, 9.17) is 0 Å². The molecule has 15 aromatic carbocycles. The first-order valence-corrected chi connectivity index (χ1v) is 40.0. The van der Waals surface area contributed by atoms with E-state index in [0.29, 0.717) is 0 Å². The van der Waals surface area contributed by atoms with Crippen LogP contribution in [0.15, 0.2) is 328 Å². The van der Waals surface area contributed by atoms with E-state index in [2.05, 4.69) is 430 Å². The fourth-order valence-electron chi connectivity index (χ4n) is 20.6. The lowest BCUT2D eigenvalue weighted by Crippen LogP contribution is -2.38. The van der Waals surface area contributed by atoms with Crippen molar-refractivity contribution in [3.05, 3.63) is 394 Å². The quantitative estimate of drug-likeness (QED) is 0.143. The number of benzene rings is 15. The van der Waals surface area contributed by atoms with Crippen molar-refractivity contribution in [1.29, 1.82) is 0 Å². The van der Waals surface area contributed by atoms with E-state index >= 15 is 0 Å². The van der Waals surface area contributed by atoms with Gasteiger partial charge < -0.3 is 19.6 Å². The minimum absolute atomic E-state index is 0.244. The number of rotatable bonds is 9. The Kier molecular flexibility index (Phi) is 14.5. The molecule has 0 unspecified atom stereocenters. The summed E-state index contributed by atoms with van der Waals surface area (Å²) in [6.07, 6.45) is 0. The molecular formula is C108H90N4. The molecule has 4 nitrogen and oxygen atoms in total. The Morgan fingerprint density at radius 1 is 0.161 bits per heavy atom. The van der Waals surface area contributed by atoms with Gasteiger partial charge in [-0.3, -0.25) is 0 Å². The van der Waals surface area contributed by atoms with Crippen LogP contribution in [0.5, 0.6) is 0 Å². The molecule has 0 N–H and O–H groups in total. The molecule has 6 aliphatic heterocycles. The average Bonchev–Trinajstić information content (AvgIpc) is 0.701. The van der Waals surface area contributed by atoms with Crippen LogP contribution in [0.4, 0.5) is 68.2 Å². The number of hydrogen-bond donors (Lipinski definition) is 0. The van der Waals surface area contributed by atoms with Crippen molar-refractivity contribution in [2.24, 2.45) is 0 Å². The van der Waals surface area contributed by atoms with Crippen LogP contribution < -0.4 is 19.6 Å². The second-order valence-electron chi connectivity index (χ2n) is 35.3. The van der Waals surface area contributed by atoms with Crippen molar-refractivity contribution in [2.45, 2.75) is 116 Å². The summed E-state index contributed by atoms with van der Waals surface area (Å²) in [5, 5.41) is 0. The zero-order valence-corrected chi connectivity index (χ0v) is 66.0. The van der Waals surface area contributed by atoms with Crippen LogP contribution in [0.1, 0.15) is 150 Å². The van der Waals surface area contributed by atoms with Gasteiger partial charge in [-0.15, -0.1) is 0 Å². The summed E-state index contributed by atoms with van der Waals surface area (Å²) in [5.41, 5.74) is 43.7. The maximum atomic E-state index is 2.59. The Bertz CT molecular complexity index is 5910. The first kappa shape index (κ1) is 67.6. The van der Waals surface area contributed by atoms with E-state index in [1.54, 1.807) is 0 Å². The van der Waals surface area contributed by atoms with E-state index < -0.39 is 0 Å². The van der Waals surface area contributed by atoms with Crippen LogP contribution in [0.25, 0.3) is 66.8 Å². The molecule has 0 atom stereocenters. The minimum atomic E-state index is -0.318. The SMILES string of the molecule is CC1(C)c2ccccc2N2c3ccccc3C(C)(C)c3cc(-c4ccc(N(c5ccc(-c6ccc(-c7cc8c9c(c7)C(C)(C)c7cc(-c%10ccccc%10)ccc7N9c7ccc(-c9ccccc9)cc7C8(C)C)cc6)cc5)c5ccc(-c6cc7c8c(c6)C(C)(C)c6ccccc6N8c6ccccc6C7(C)C)cc5)cc4)cc1c32. The second kappa shape index (κ2) is 24.0. The molecule has 0 radical (unpaired) electrons. The van der Waals surface area contributed by atoms with Crippen molar-refractivity contribution < 1.29 is 0 Å². The molecule has 0 aliphatic carbocycles. The highest BCUT2D eigenvalue weighted by Crippen LogP contribution is 2.65. The van der Waals surface area contributed by atoms with Crippen LogP contribution in [0, 0.1) is 0 Å². The third-order valence-corrected chi connectivity index (χ3v) is 26.9. The summed E-state index contributed by atoms with van der Waals surface area (Å²) >= 11 is 0. The number of anilines is 12. The molecule has 0 saturated heterocycles. The number of nitrogens with zero attached hydrogens (tertiary/aromatic N) is 4. The Morgan fingerprint density at radius 2 is 0.348 bits per heavy atom. The lowest BCUT2D eigenvalue weighted by atomic mass is 9.65. The molecule has 542 valence electrons. The van der Waals surface area contributed by atoms with Gasteiger partial charge >= 0.3 is 0 Å². The van der Waals surface area contributed by atoms with Crippen molar-refractivity contribution >= 4 is 68.2 Å². The summed E-state index contributed by atoms with van der Waals surface area (Å²) in [5.74, 6) is 0. The fourth-order valence-corrected chi connectivity index (χ4v) is 20.6.